The van der Waals surface area contributed by atoms with Gasteiger partial charge in [-0.1, -0.05) is 18.2 Å². The van der Waals surface area contributed by atoms with Crippen LogP contribution in [0.15, 0.2) is 34.8 Å². The van der Waals surface area contributed by atoms with Gasteiger partial charge in [0.05, 0.1) is 27.9 Å². The number of aromatic amines is 1. The number of carbonyl (C=O) groups excluding carboxylic acids is 2. The lowest BCUT2D eigenvalue weighted by Gasteiger charge is -2.27. The maximum absolute atomic E-state index is 14.1. The Balaban J connectivity index is 1.65. The number of fused-ring (bicyclic) bond motifs is 5. The average molecular weight is 484 g/mol. The highest BCUT2D eigenvalue weighted by molar-refractivity contribution is 6.14. The van der Waals surface area contributed by atoms with E-state index in [9.17, 15) is 24.6 Å². The van der Waals surface area contributed by atoms with Gasteiger partial charge in [-0.15, -0.1) is 0 Å². The number of hydrogen-bond donors (Lipinski definition) is 3. The van der Waals surface area contributed by atoms with Crippen molar-refractivity contribution in [3.63, 3.8) is 0 Å². The Kier molecular flexibility index (Phi) is 4.18. The molecule has 0 fully saturated rings. The molecule has 10 heteroatoms. The summed E-state index contributed by atoms with van der Waals surface area (Å²) in [6.45, 7) is 6.04. The normalized spacial score (nSPS) is 17.9. The standard InChI is InChI=1S/C26H20N4O6/c1-10-20(32)18(12(3)31)22-19(21(10)33)26(4)16(36-22)9-15-17(23(26)34)11(2)29-30(15)24-13-7-5-6-8-14(13)25(35)28-27-24/h5-9,32-33H,1-4H3,(H,28,35)/t26-/m0/s1. The number of carbonyl (C=O) groups is 2. The highest BCUT2D eigenvalue weighted by atomic mass is 16.5. The van der Waals surface area contributed by atoms with Gasteiger partial charge in [-0.25, -0.2) is 9.78 Å². The van der Waals surface area contributed by atoms with Crippen molar-refractivity contribution in [2.24, 2.45) is 0 Å². The lowest BCUT2D eigenvalue weighted by atomic mass is 9.71. The van der Waals surface area contributed by atoms with Crippen molar-refractivity contribution in [3.8, 4) is 23.1 Å². The Bertz CT molecular complexity index is 1790. The number of nitrogens with one attached hydrogen (secondary N) is 1. The number of rotatable bonds is 2. The zero-order valence-corrected chi connectivity index (χ0v) is 19.8. The van der Waals surface area contributed by atoms with E-state index in [0.717, 1.165) is 0 Å². The van der Waals surface area contributed by atoms with Gasteiger partial charge in [0.2, 0.25) is 0 Å². The van der Waals surface area contributed by atoms with Crippen molar-refractivity contribution < 1.29 is 24.5 Å². The number of benzene rings is 2. The maximum atomic E-state index is 14.1. The van der Waals surface area contributed by atoms with E-state index in [1.165, 1.54) is 18.5 Å². The zero-order chi connectivity index (χ0) is 25.7. The van der Waals surface area contributed by atoms with Crippen LogP contribution in [-0.4, -0.2) is 41.8 Å². The molecule has 4 aromatic rings. The van der Waals surface area contributed by atoms with Gasteiger partial charge in [0.15, 0.2) is 17.4 Å². The second kappa shape index (κ2) is 6.91. The van der Waals surface area contributed by atoms with Crippen LogP contribution in [0, 0.1) is 13.8 Å². The topological polar surface area (TPSA) is 147 Å². The molecule has 180 valence electrons. The summed E-state index contributed by atoms with van der Waals surface area (Å²) in [5.41, 5.74) is -0.597. The molecule has 1 aliphatic heterocycles. The summed E-state index contributed by atoms with van der Waals surface area (Å²) in [6.07, 6.45) is 1.62. The lowest BCUT2D eigenvalue weighted by molar-refractivity contribution is 0.0905. The third-order valence-corrected chi connectivity index (χ3v) is 7.12. The third-order valence-electron chi connectivity index (χ3n) is 7.12. The molecule has 0 saturated carbocycles. The number of H-pyrrole nitrogens is 1. The van der Waals surface area contributed by atoms with Gasteiger partial charge in [-0.3, -0.25) is 14.4 Å². The molecule has 0 saturated heterocycles. The minimum absolute atomic E-state index is 0.0415. The number of aromatic hydroxyl groups is 2. The van der Waals surface area contributed by atoms with E-state index in [2.05, 4.69) is 15.3 Å². The summed E-state index contributed by atoms with van der Waals surface area (Å²) < 4.78 is 7.50. The number of phenols is 2. The van der Waals surface area contributed by atoms with Crippen molar-refractivity contribution in [1.82, 2.24) is 20.0 Å². The summed E-state index contributed by atoms with van der Waals surface area (Å²) in [7, 11) is 0. The van der Waals surface area contributed by atoms with Crippen molar-refractivity contribution in [2.45, 2.75) is 33.1 Å². The number of allylic oxidation sites excluding steroid dienone is 1. The lowest BCUT2D eigenvalue weighted by Crippen LogP contribution is -2.36. The number of ketones is 2. The smallest absolute Gasteiger partial charge is 0.272 e. The predicted molar refractivity (Wildman–Crippen MR) is 129 cm³/mol. The van der Waals surface area contributed by atoms with Crippen LogP contribution in [0.5, 0.6) is 17.2 Å². The van der Waals surface area contributed by atoms with E-state index in [-0.39, 0.29) is 45.3 Å². The molecular formula is C26H20N4O6. The van der Waals surface area contributed by atoms with E-state index in [0.29, 0.717) is 33.5 Å². The molecule has 36 heavy (non-hydrogen) atoms. The SMILES string of the molecule is CC(=O)c1c(O)c(C)c(O)c2c1OC1=Cc3c(c(C)nn3-c3n[nH]c(=O)c4ccccc34)C(=O)[C@@]12C. The van der Waals surface area contributed by atoms with Crippen molar-refractivity contribution in [2.75, 3.05) is 0 Å². The molecule has 10 nitrogen and oxygen atoms in total. The molecule has 0 amide bonds. The van der Waals surface area contributed by atoms with Crippen LogP contribution >= 0.6 is 0 Å². The van der Waals surface area contributed by atoms with Gasteiger partial charge in [-0.05, 0) is 33.8 Å². The summed E-state index contributed by atoms with van der Waals surface area (Å²) >= 11 is 0. The first-order chi connectivity index (χ1) is 17.1. The van der Waals surface area contributed by atoms with Gasteiger partial charge in [0.1, 0.15) is 34.0 Å². The van der Waals surface area contributed by atoms with Gasteiger partial charge in [0, 0.05) is 17.0 Å². The Morgan fingerprint density at radius 3 is 2.50 bits per heavy atom. The number of ether oxygens (including phenoxy) is 1. The van der Waals surface area contributed by atoms with Crippen LogP contribution < -0.4 is 10.3 Å². The van der Waals surface area contributed by atoms with Crippen LogP contribution in [0.4, 0.5) is 0 Å². The Labute approximate surface area is 203 Å². The van der Waals surface area contributed by atoms with Crippen molar-refractivity contribution >= 4 is 28.4 Å². The van der Waals surface area contributed by atoms with Crippen LogP contribution in [0.2, 0.25) is 0 Å². The Morgan fingerprint density at radius 1 is 1.11 bits per heavy atom. The Morgan fingerprint density at radius 2 is 1.81 bits per heavy atom. The molecule has 2 aliphatic rings. The number of hydrogen-bond acceptors (Lipinski definition) is 8. The molecule has 0 radical (unpaired) electrons. The fraction of sp³-hybridized carbons (Fsp3) is 0.192. The quantitative estimate of drug-likeness (QED) is 0.368. The molecule has 2 aromatic carbocycles. The van der Waals surface area contributed by atoms with Gasteiger partial charge in [-0.2, -0.15) is 10.2 Å². The van der Waals surface area contributed by atoms with E-state index in [1.54, 1.807) is 44.2 Å². The Hall–Kier alpha value is -4.73. The molecule has 2 aromatic heterocycles. The van der Waals surface area contributed by atoms with Gasteiger partial charge in [0.25, 0.3) is 5.56 Å². The third kappa shape index (κ3) is 2.47. The number of Topliss-reactive ketones (excluding diaryl/α,β-unsaturated/α-hetero) is 2. The second-order valence-corrected chi connectivity index (χ2v) is 9.20. The van der Waals surface area contributed by atoms with E-state index in [1.807, 2.05) is 0 Å². The molecule has 6 rings (SSSR count). The summed E-state index contributed by atoms with van der Waals surface area (Å²) in [5.74, 6) is -1.11. The largest absolute Gasteiger partial charge is 0.507 e. The molecule has 0 bridgehead atoms. The first-order valence-corrected chi connectivity index (χ1v) is 11.2. The van der Waals surface area contributed by atoms with E-state index < -0.39 is 16.9 Å². The second-order valence-electron chi connectivity index (χ2n) is 9.20. The van der Waals surface area contributed by atoms with Crippen LogP contribution in [-0.2, 0) is 5.41 Å². The zero-order valence-electron chi connectivity index (χ0n) is 19.8. The number of nitrogens with zero attached hydrogens (tertiary/aromatic N) is 3. The van der Waals surface area contributed by atoms with Crippen molar-refractivity contribution in [1.29, 1.82) is 0 Å². The average Bonchev–Trinajstić information content (AvgIpc) is 3.32. The molecule has 0 unspecified atom stereocenters. The summed E-state index contributed by atoms with van der Waals surface area (Å²) in [6, 6.07) is 6.92. The predicted octanol–water partition coefficient (Wildman–Crippen LogP) is 3.23. The number of aromatic nitrogens is 4. The number of phenolic OH excluding ortho intramolecular Hbond substituents is 2. The van der Waals surface area contributed by atoms with Gasteiger partial charge < -0.3 is 14.9 Å². The van der Waals surface area contributed by atoms with Crippen LogP contribution in [0.1, 0.15) is 57.1 Å². The van der Waals surface area contributed by atoms with Gasteiger partial charge >= 0.3 is 0 Å². The molecule has 1 atom stereocenters. The van der Waals surface area contributed by atoms with Crippen LogP contribution in [0.25, 0.3) is 22.7 Å². The first kappa shape index (κ1) is 21.8. The highest BCUT2D eigenvalue weighted by Crippen LogP contribution is 2.58. The van der Waals surface area contributed by atoms with Crippen LogP contribution in [0.3, 0.4) is 0 Å². The highest BCUT2D eigenvalue weighted by Gasteiger charge is 2.55. The summed E-state index contributed by atoms with van der Waals surface area (Å²) in [5, 5.41) is 33.7. The molecule has 3 heterocycles. The molecule has 1 aliphatic carbocycles. The summed E-state index contributed by atoms with van der Waals surface area (Å²) in [4.78, 5) is 38.8. The molecule has 3 N–H and O–H groups in total. The minimum Gasteiger partial charge on any atom is -0.507 e. The van der Waals surface area contributed by atoms with E-state index >= 15 is 0 Å². The maximum Gasteiger partial charge on any atom is 0.272 e. The fourth-order valence-electron chi connectivity index (χ4n) is 5.21. The number of aryl methyl sites for hydroxylation is 1. The fourth-order valence-corrected chi connectivity index (χ4v) is 5.21. The monoisotopic (exact) mass is 484 g/mol. The molecule has 0 spiro atoms. The first-order valence-electron chi connectivity index (χ1n) is 11.2. The van der Waals surface area contributed by atoms with E-state index in [4.69, 9.17) is 4.74 Å². The molecular weight excluding hydrogens is 464 g/mol. The van der Waals surface area contributed by atoms with Crippen molar-refractivity contribution in [3.05, 3.63) is 74.0 Å². The minimum atomic E-state index is -1.45.